The SMILES string of the molecule is COCC/C(C(=O)O)=C(/CC(=O)OC1CCCC1)C(=O)O. The second kappa shape index (κ2) is 8.41. The maximum Gasteiger partial charge on any atom is 0.332 e. The van der Waals surface area contributed by atoms with Gasteiger partial charge >= 0.3 is 17.9 Å². The molecule has 1 rings (SSSR count). The van der Waals surface area contributed by atoms with Crippen LogP contribution in [0.4, 0.5) is 0 Å². The standard InChI is InChI=1S/C14H20O7/c1-20-7-6-10(13(16)17)11(14(18)19)8-12(15)21-9-4-2-3-5-9/h9H,2-8H2,1H3,(H,16,17)(H,18,19)/b11-10+. The highest BCUT2D eigenvalue weighted by molar-refractivity contribution is 6.01. The van der Waals surface area contributed by atoms with Crippen molar-refractivity contribution in [1.82, 2.24) is 0 Å². The van der Waals surface area contributed by atoms with Gasteiger partial charge in [-0.05, 0) is 25.7 Å². The van der Waals surface area contributed by atoms with Crippen LogP contribution in [0.2, 0.25) is 0 Å². The largest absolute Gasteiger partial charge is 0.478 e. The van der Waals surface area contributed by atoms with Crippen molar-refractivity contribution in [2.24, 2.45) is 0 Å². The zero-order valence-corrected chi connectivity index (χ0v) is 12.0. The zero-order chi connectivity index (χ0) is 15.8. The summed E-state index contributed by atoms with van der Waals surface area (Å²) in [5, 5.41) is 18.2. The molecule has 21 heavy (non-hydrogen) atoms. The smallest absolute Gasteiger partial charge is 0.332 e. The van der Waals surface area contributed by atoms with E-state index in [-0.39, 0.29) is 24.7 Å². The minimum atomic E-state index is -1.42. The Morgan fingerprint density at radius 1 is 1.05 bits per heavy atom. The molecule has 0 atom stereocenters. The van der Waals surface area contributed by atoms with E-state index in [0.29, 0.717) is 0 Å². The molecule has 1 aliphatic carbocycles. The molecular formula is C14H20O7. The third-order valence-corrected chi connectivity index (χ3v) is 3.36. The first-order valence-electron chi connectivity index (χ1n) is 6.82. The second-order valence-corrected chi connectivity index (χ2v) is 4.88. The first kappa shape index (κ1) is 17.2. The predicted octanol–water partition coefficient (Wildman–Crippen LogP) is 1.36. The number of methoxy groups -OCH3 is 1. The van der Waals surface area contributed by atoms with Crippen molar-refractivity contribution in [3.8, 4) is 0 Å². The van der Waals surface area contributed by atoms with E-state index in [4.69, 9.17) is 19.7 Å². The monoisotopic (exact) mass is 300 g/mol. The Morgan fingerprint density at radius 2 is 1.62 bits per heavy atom. The highest BCUT2D eigenvalue weighted by Gasteiger charge is 2.25. The van der Waals surface area contributed by atoms with Crippen LogP contribution < -0.4 is 0 Å². The van der Waals surface area contributed by atoms with Crippen LogP contribution >= 0.6 is 0 Å². The van der Waals surface area contributed by atoms with Gasteiger partial charge in [0, 0.05) is 13.5 Å². The molecular weight excluding hydrogens is 280 g/mol. The normalized spacial score (nSPS) is 16.4. The molecule has 0 spiro atoms. The summed E-state index contributed by atoms with van der Waals surface area (Å²) >= 11 is 0. The number of ether oxygens (including phenoxy) is 2. The number of carbonyl (C=O) groups is 3. The van der Waals surface area contributed by atoms with E-state index in [1.54, 1.807) is 0 Å². The maximum atomic E-state index is 11.8. The fraction of sp³-hybridized carbons (Fsp3) is 0.643. The van der Waals surface area contributed by atoms with Gasteiger partial charge in [-0.3, -0.25) is 4.79 Å². The van der Waals surface area contributed by atoms with Crippen molar-refractivity contribution in [2.75, 3.05) is 13.7 Å². The van der Waals surface area contributed by atoms with Gasteiger partial charge in [0.15, 0.2) is 0 Å². The summed E-state index contributed by atoms with van der Waals surface area (Å²) in [7, 11) is 1.38. The molecule has 0 amide bonds. The molecule has 0 bridgehead atoms. The minimum absolute atomic E-state index is 0.0656. The van der Waals surface area contributed by atoms with Crippen LogP contribution in [0, 0.1) is 0 Å². The van der Waals surface area contributed by atoms with Crippen LogP contribution in [0.1, 0.15) is 38.5 Å². The topological polar surface area (TPSA) is 110 Å². The first-order chi connectivity index (χ1) is 9.95. The lowest BCUT2D eigenvalue weighted by Gasteiger charge is -2.13. The van der Waals surface area contributed by atoms with Crippen LogP contribution in [0.15, 0.2) is 11.1 Å². The van der Waals surface area contributed by atoms with Crippen LogP contribution in [0.3, 0.4) is 0 Å². The number of esters is 1. The van der Waals surface area contributed by atoms with Gasteiger partial charge < -0.3 is 19.7 Å². The summed E-state index contributed by atoms with van der Waals surface area (Å²) < 4.78 is 9.92. The molecule has 0 aromatic rings. The van der Waals surface area contributed by atoms with E-state index in [1.165, 1.54) is 7.11 Å². The lowest BCUT2D eigenvalue weighted by atomic mass is 10.0. The number of hydrogen-bond donors (Lipinski definition) is 2. The zero-order valence-electron chi connectivity index (χ0n) is 12.0. The van der Waals surface area contributed by atoms with Gasteiger partial charge in [-0.25, -0.2) is 9.59 Å². The number of hydrogen-bond acceptors (Lipinski definition) is 5. The summed E-state index contributed by atoms with van der Waals surface area (Å²) in [4.78, 5) is 34.1. The number of carboxylic acid groups (broad SMARTS) is 2. The van der Waals surface area contributed by atoms with Gasteiger partial charge in [0.25, 0.3) is 0 Å². The highest BCUT2D eigenvalue weighted by atomic mass is 16.5. The van der Waals surface area contributed by atoms with Gasteiger partial charge in [0.2, 0.25) is 0 Å². The Balaban J connectivity index is 2.79. The van der Waals surface area contributed by atoms with Crippen molar-refractivity contribution in [3.63, 3.8) is 0 Å². The van der Waals surface area contributed by atoms with E-state index in [2.05, 4.69) is 0 Å². The summed E-state index contributed by atoms with van der Waals surface area (Å²) in [5.41, 5.74) is -0.768. The third-order valence-electron chi connectivity index (χ3n) is 3.36. The molecule has 7 heteroatoms. The van der Waals surface area contributed by atoms with Crippen molar-refractivity contribution in [2.45, 2.75) is 44.6 Å². The van der Waals surface area contributed by atoms with E-state index in [1.807, 2.05) is 0 Å². The molecule has 0 aromatic carbocycles. The van der Waals surface area contributed by atoms with E-state index < -0.39 is 29.9 Å². The third kappa shape index (κ3) is 5.55. The molecule has 2 N–H and O–H groups in total. The number of carbonyl (C=O) groups excluding carboxylic acids is 1. The summed E-state index contributed by atoms with van der Waals surface area (Å²) in [5.74, 6) is -3.49. The Hall–Kier alpha value is -1.89. The van der Waals surface area contributed by atoms with E-state index in [9.17, 15) is 14.4 Å². The Morgan fingerprint density at radius 3 is 2.10 bits per heavy atom. The van der Waals surface area contributed by atoms with Crippen molar-refractivity contribution in [3.05, 3.63) is 11.1 Å². The van der Waals surface area contributed by atoms with Crippen LogP contribution in [0.5, 0.6) is 0 Å². The Labute approximate surface area is 122 Å². The molecule has 0 saturated heterocycles. The lowest BCUT2D eigenvalue weighted by Crippen LogP contribution is -2.20. The Kier molecular flexibility index (Phi) is 6.87. The summed E-state index contributed by atoms with van der Waals surface area (Å²) in [6.45, 7) is 0.0656. The van der Waals surface area contributed by atoms with Gasteiger partial charge in [0.1, 0.15) is 6.10 Å². The number of rotatable bonds is 8. The molecule has 0 aromatic heterocycles. The fourth-order valence-electron chi connectivity index (χ4n) is 2.28. The van der Waals surface area contributed by atoms with Crippen molar-refractivity contribution < 1.29 is 34.1 Å². The number of carboxylic acids is 2. The lowest BCUT2D eigenvalue weighted by molar-refractivity contribution is -0.149. The Bertz CT molecular complexity index is 433. The minimum Gasteiger partial charge on any atom is -0.478 e. The van der Waals surface area contributed by atoms with E-state index >= 15 is 0 Å². The second-order valence-electron chi connectivity index (χ2n) is 4.88. The van der Waals surface area contributed by atoms with Gasteiger partial charge in [-0.15, -0.1) is 0 Å². The summed E-state index contributed by atoms with van der Waals surface area (Å²) in [6, 6.07) is 0. The molecule has 1 fully saturated rings. The van der Waals surface area contributed by atoms with Gasteiger partial charge in [0.05, 0.1) is 24.2 Å². The first-order valence-corrected chi connectivity index (χ1v) is 6.82. The van der Waals surface area contributed by atoms with Crippen molar-refractivity contribution >= 4 is 17.9 Å². The van der Waals surface area contributed by atoms with Crippen LogP contribution in [-0.2, 0) is 23.9 Å². The van der Waals surface area contributed by atoms with Gasteiger partial charge in [-0.2, -0.15) is 0 Å². The summed E-state index contributed by atoms with van der Waals surface area (Å²) in [6.07, 6.45) is 2.70. The molecule has 1 saturated carbocycles. The fourth-order valence-corrected chi connectivity index (χ4v) is 2.28. The van der Waals surface area contributed by atoms with Crippen LogP contribution in [0.25, 0.3) is 0 Å². The molecule has 0 radical (unpaired) electrons. The highest BCUT2D eigenvalue weighted by Crippen LogP contribution is 2.22. The molecule has 0 aliphatic heterocycles. The van der Waals surface area contributed by atoms with E-state index in [0.717, 1.165) is 25.7 Å². The maximum absolute atomic E-state index is 11.8. The average molecular weight is 300 g/mol. The predicted molar refractivity (Wildman–Crippen MR) is 71.8 cm³/mol. The quantitative estimate of drug-likeness (QED) is 0.514. The van der Waals surface area contributed by atoms with Crippen LogP contribution in [-0.4, -0.2) is 47.9 Å². The molecule has 1 aliphatic rings. The van der Waals surface area contributed by atoms with Gasteiger partial charge in [-0.1, -0.05) is 0 Å². The number of aliphatic carboxylic acids is 2. The average Bonchev–Trinajstić information content (AvgIpc) is 2.89. The molecule has 118 valence electrons. The molecule has 7 nitrogen and oxygen atoms in total. The van der Waals surface area contributed by atoms with Crippen molar-refractivity contribution in [1.29, 1.82) is 0 Å². The molecule has 0 heterocycles. The molecule has 0 unspecified atom stereocenters.